The van der Waals surface area contributed by atoms with Gasteiger partial charge in [-0.05, 0) is 30.5 Å². The van der Waals surface area contributed by atoms with Crippen molar-refractivity contribution in [2.24, 2.45) is 0 Å². The molecule has 0 spiro atoms. The van der Waals surface area contributed by atoms with E-state index in [2.05, 4.69) is 20.8 Å². The Bertz CT molecular complexity index is 821. The number of hydrogen-bond acceptors (Lipinski definition) is 5. The number of ether oxygens (including phenoxy) is 2. The van der Waals surface area contributed by atoms with Crippen molar-refractivity contribution in [1.82, 2.24) is 13.5 Å². The fourth-order valence-corrected chi connectivity index (χ4v) is 6.43. The fraction of sp³-hybridized carbons (Fsp3) is 0.700. The zero-order valence-corrected chi connectivity index (χ0v) is 19.4. The Kier molecular flexibility index (Phi) is 6.70. The molecule has 1 saturated carbocycles. The molecule has 0 amide bonds. The summed E-state index contributed by atoms with van der Waals surface area (Å²) in [5.74, 6) is 1.55. The molecule has 1 aromatic carbocycles. The minimum atomic E-state index is -3.38. The summed E-state index contributed by atoms with van der Waals surface area (Å²) in [7, 11) is -1.63. The Morgan fingerprint density at radius 2 is 1.66 bits per heavy atom. The van der Waals surface area contributed by atoms with Crippen LogP contribution in [0.1, 0.15) is 37.7 Å². The van der Waals surface area contributed by atoms with Gasteiger partial charge in [0, 0.05) is 50.3 Å². The maximum atomic E-state index is 13.1. The lowest BCUT2D eigenvalue weighted by atomic mass is 9.96. The van der Waals surface area contributed by atoms with Gasteiger partial charge in [-0.2, -0.15) is 17.0 Å². The topological polar surface area (TPSA) is 62.3 Å². The second-order valence-electron chi connectivity index (χ2n) is 8.08. The maximum absolute atomic E-state index is 13.1. The molecule has 2 heterocycles. The highest BCUT2D eigenvalue weighted by Gasteiger charge is 2.34. The van der Waals surface area contributed by atoms with E-state index in [0.717, 1.165) is 66.9 Å². The fourth-order valence-electron chi connectivity index (χ4n) is 4.40. The van der Waals surface area contributed by atoms with Gasteiger partial charge in [-0.25, -0.2) is 0 Å². The van der Waals surface area contributed by atoms with Crippen LogP contribution in [0.5, 0.6) is 11.5 Å². The van der Waals surface area contributed by atoms with Gasteiger partial charge in [0.1, 0.15) is 13.2 Å². The second kappa shape index (κ2) is 9.09. The highest BCUT2D eigenvalue weighted by molar-refractivity contribution is 9.10. The van der Waals surface area contributed by atoms with Gasteiger partial charge in [0.2, 0.25) is 0 Å². The first kappa shape index (κ1) is 21.4. The monoisotopic (exact) mass is 487 g/mol. The maximum Gasteiger partial charge on any atom is 0.282 e. The molecule has 0 radical (unpaired) electrons. The number of rotatable bonds is 5. The molecule has 2 fully saturated rings. The number of benzene rings is 1. The number of piperazine rings is 1. The lowest BCUT2D eigenvalue weighted by molar-refractivity contribution is 0.165. The molecule has 0 aromatic heterocycles. The molecular weight excluding hydrogens is 458 g/mol. The minimum absolute atomic E-state index is 0.153. The van der Waals surface area contributed by atoms with Gasteiger partial charge in [-0.15, -0.1) is 0 Å². The molecule has 29 heavy (non-hydrogen) atoms. The van der Waals surface area contributed by atoms with Gasteiger partial charge in [0.25, 0.3) is 10.2 Å². The van der Waals surface area contributed by atoms with Crippen LogP contribution in [0.2, 0.25) is 0 Å². The normalized spacial score (nSPS) is 22.2. The van der Waals surface area contributed by atoms with Crippen molar-refractivity contribution in [3.63, 3.8) is 0 Å². The summed E-state index contributed by atoms with van der Waals surface area (Å²) in [5, 5.41) is 0. The first-order valence-corrected chi connectivity index (χ1v) is 12.7. The largest absolute Gasteiger partial charge is 0.486 e. The van der Waals surface area contributed by atoms with E-state index in [0.29, 0.717) is 26.3 Å². The Morgan fingerprint density at radius 3 is 2.31 bits per heavy atom. The van der Waals surface area contributed by atoms with Crippen molar-refractivity contribution < 1.29 is 17.9 Å². The van der Waals surface area contributed by atoms with E-state index >= 15 is 0 Å². The van der Waals surface area contributed by atoms with Crippen LogP contribution >= 0.6 is 15.9 Å². The van der Waals surface area contributed by atoms with E-state index in [1.165, 1.54) is 6.42 Å². The Morgan fingerprint density at radius 1 is 1.03 bits per heavy atom. The van der Waals surface area contributed by atoms with Crippen LogP contribution in [0.25, 0.3) is 0 Å². The number of fused-ring (bicyclic) bond motifs is 1. The number of nitrogens with zero attached hydrogens (tertiary/aromatic N) is 3. The lowest BCUT2D eigenvalue weighted by Crippen LogP contribution is -2.54. The summed E-state index contributed by atoms with van der Waals surface area (Å²) >= 11 is 3.63. The molecule has 1 saturated heterocycles. The smallest absolute Gasteiger partial charge is 0.282 e. The summed E-state index contributed by atoms with van der Waals surface area (Å²) in [5.41, 5.74) is 1.13. The van der Waals surface area contributed by atoms with Crippen molar-refractivity contribution in [3.05, 3.63) is 22.2 Å². The zero-order valence-electron chi connectivity index (χ0n) is 17.0. The Labute approximate surface area is 182 Å². The highest BCUT2D eigenvalue weighted by Crippen LogP contribution is 2.36. The van der Waals surface area contributed by atoms with Crippen LogP contribution in [-0.4, -0.2) is 74.4 Å². The predicted octanol–water partition coefficient (Wildman–Crippen LogP) is 2.85. The molecular formula is C20H30BrN3O4S. The van der Waals surface area contributed by atoms with E-state index in [4.69, 9.17) is 9.47 Å². The summed E-state index contributed by atoms with van der Waals surface area (Å²) < 4.78 is 41.7. The van der Waals surface area contributed by atoms with Crippen molar-refractivity contribution in [2.45, 2.75) is 44.7 Å². The number of halogens is 1. The third kappa shape index (κ3) is 4.74. The molecule has 162 valence electrons. The molecule has 4 rings (SSSR count). The predicted molar refractivity (Wildman–Crippen MR) is 116 cm³/mol. The quantitative estimate of drug-likeness (QED) is 0.638. The molecule has 0 bridgehead atoms. The van der Waals surface area contributed by atoms with Crippen LogP contribution in [0.15, 0.2) is 16.6 Å². The minimum Gasteiger partial charge on any atom is -0.486 e. The third-order valence-electron chi connectivity index (χ3n) is 6.22. The molecule has 2 aliphatic heterocycles. The summed E-state index contributed by atoms with van der Waals surface area (Å²) in [4.78, 5) is 2.29. The van der Waals surface area contributed by atoms with Gasteiger partial charge in [-0.1, -0.05) is 35.2 Å². The highest BCUT2D eigenvalue weighted by atomic mass is 79.9. The van der Waals surface area contributed by atoms with Crippen molar-refractivity contribution in [3.8, 4) is 11.5 Å². The van der Waals surface area contributed by atoms with Crippen LogP contribution < -0.4 is 9.47 Å². The molecule has 1 aliphatic carbocycles. The van der Waals surface area contributed by atoms with Gasteiger partial charge in [0.05, 0.1) is 0 Å². The first-order chi connectivity index (χ1) is 13.9. The SMILES string of the molecule is CN(C1CCCCC1)S(=O)(=O)N1CCN(Cc2cc3c(cc2Br)OCCO3)CC1. The van der Waals surface area contributed by atoms with Gasteiger partial charge in [-0.3, -0.25) is 4.90 Å². The van der Waals surface area contributed by atoms with Crippen molar-refractivity contribution in [1.29, 1.82) is 0 Å². The zero-order chi connectivity index (χ0) is 20.4. The van der Waals surface area contributed by atoms with E-state index in [1.54, 1.807) is 15.7 Å². The first-order valence-electron chi connectivity index (χ1n) is 10.5. The number of hydrogen-bond donors (Lipinski definition) is 0. The average molecular weight is 488 g/mol. The summed E-state index contributed by atoms with van der Waals surface area (Å²) in [6.07, 6.45) is 5.44. The van der Waals surface area contributed by atoms with E-state index in [1.807, 2.05) is 12.1 Å². The van der Waals surface area contributed by atoms with E-state index in [9.17, 15) is 8.42 Å². The van der Waals surface area contributed by atoms with Crippen molar-refractivity contribution >= 4 is 26.1 Å². The van der Waals surface area contributed by atoms with Gasteiger partial charge in [0.15, 0.2) is 11.5 Å². The summed E-state index contributed by atoms with van der Waals surface area (Å²) in [6, 6.07) is 4.14. The van der Waals surface area contributed by atoms with E-state index in [-0.39, 0.29) is 6.04 Å². The molecule has 0 atom stereocenters. The van der Waals surface area contributed by atoms with Crippen LogP contribution in [0.3, 0.4) is 0 Å². The molecule has 3 aliphatic rings. The van der Waals surface area contributed by atoms with Crippen LogP contribution in [0.4, 0.5) is 0 Å². The lowest BCUT2D eigenvalue weighted by Gasteiger charge is -2.38. The van der Waals surface area contributed by atoms with Crippen LogP contribution in [-0.2, 0) is 16.8 Å². The molecule has 7 nitrogen and oxygen atoms in total. The third-order valence-corrected chi connectivity index (χ3v) is 9.00. The Balaban J connectivity index is 1.36. The molecule has 1 aromatic rings. The molecule has 0 N–H and O–H groups in total. The van der Waals surface area contributed by atoms with Gasteiger partial charge < -0.3 is 9.47 Å². The Hall–Kier alpha value is -0.870. The molecule has 9 heteroatoms. The van der Waals surface area contributed by atoms with E-state index < -0.39 is 10.2 Å². The van der Waals surface area contributed by atoms with Gasteiger partial charge >= 0.3 is 0 Å². The average Bonchev–Trinajstić information content (AvgIpc) is 2.75. The second-order valence-corrected chi connectivity index (χ2v) is 10.9. The molecule has 0 unspecified atom stereocenters. The van der Waals surface area contributed by atoms with Crippen molar-refractivity contribution in [2.75, 3.05) is 46.4 Å². The van der Waals surface area contributed by atoms with Crippen LogP contribution in [0, 0.1) is 0 Å². The summed E-state index contributed by atoms with van der Waals surface area (Å²) in [6.45, 7) is 4.40. The standard InChI is InChI=1S/C20H30BrN3O4S/c1-22(17-5-3-2-4-6-17)29(25,26)24-9-7-23(8-10-24)15-16-13-19-20(14-18(16)21)28-12-11-27-19/h13-14,17H,2-12,15H2,1H3.